The summed E-state index contributed by atoms with van der Waals surface area (Å²) in [4.78, 5) is 1.36. The lowest BCUT2D eigenvalue weighted by atomic mass is 9.92. The molecule has 1 unspecified atom stereocenters. The van der Waals surface area contributed by atoms with Crippen LogP contribution >= 0.6 is 11.3 Å². The van der Waals surface area contributed by atoms with Crippen LogP contribution in [0.2, 0.25) is 0 Å². The molecule has 0 fully saturated rings. The summed E-state index contributed by atoms with van der Waals surface area (Å²) in [5, 5.41) is 2.14. The highest BCUT2D eigenvalue weighted by Crippen LogP contribution is 2.40. The SMILES string of the molecule is CC1(C)C=C(c2cccs2)CC(c2ccccc2)O1. The Bertz CT molecular complexity index is 567. The predicted molar refractivity (Wildman–Crippen MR) is 81.3 cm³/mol. The largest absolute Gasteiger partial charge is 0.363 e. The van der Waals surface area contributed by atoms with Crippen LogP contribution in [0.5, 0.6) is 0 Å². The van der Waals surface area contributed by atoms with E-state index in [9.17, 15) is 0 Å². The van der Waals surface area contributed by atoms with Crippen molar-refractivity contribution in [1.82, 2.24) is 0 Å². The molecule has 1 atom stereocenters. The Kier molecular flexibility index (Phi) is 3.29. The van der Waals surface area contributed by atoms with Crippen LogP contribution in [0.4, 0.5) is 0 Å². The molecule has 2 heteroatoms. The quantitative estimate of drug-likeness (QED) is 0.740. The second-order valence-corrected chi connectivity index (χ2v) is 6.42. The predicted octanol–water partition coefficient (Wildman–Crippen LogP) is 5.07. The van der Waals surface area contributed by atoms with E-state index >= 15 is 0 Å². The van der Waals surface area contributed by atoms with Gasteiger partial charge in [0.05, 0.1) is 11.7 Å². The average Bonchev–Trinajstić information content (AvgIpc) is 2.92. The Morgan fingerprint density at radius 3 is 2.58 bits per heavy atom. The summed E-state index contributed by atoms with van der Waals surface area (Å²) in [6.07, 6.45) is 3.37. The summed E-state index contributed by atoms with van der Waals surface area (Å²) in [5.41, 5.74) is 2.45. The molecule has 1 aliphatic rings. The lowest BCUT2D eigenvalue weighted by Gasteiger charge is -2.34. The van der Waals surface area contributed by atoms with Crippen LogP contribution in [0.3, 0.4) is 0 Å². The van der Waals surface area contributed by atoms with Gasteiger partial charge in [0.15, 0.2) is 0 Å². The smallest absolute Gasteiger partial charge is 0.0877 e. The molecule has 0 saturated heterocycles. The fourth-order valence-corrected chi connectivity index (χ4v) is 3.36. The minimum Gasteiger partial charge on any atom is -0.363 e. The zero-order valence-electron chi connectivity index (χ0n) is 11.3. The Morgan fingerprint density at radius 2 is 1.89 bits per heavy atom. The molecule has 1 aromatic heterocycles. The highest BCUT2D eigenvalue weighted by molar-refractivity contribution is 7.11. The Labute approximate surface area is 118 Å². The molecule has 2 aromatic rings. The molecule has 0 radical (unpaired) electrons. The Morgan fingerprint density at radius 1 is 1.11 bits per heavy atom. The van der Waals surface area contributed by atoms with Crippen molar-refractivity contribution in [3.8, 4) is 0 Å². The Balaban J connectivity index is 1.94. The van der Waals surface area contributed by atoms with Gasteiger partial charge in [0.25, 0.3) is 0 Å². The maximum Gasteiger partial charge on any atom is 0.0877 e. The van der Waals surface area contributed by atoms with E-state index in [2.05, 4.69) is 61.7 Å². The highest BCUT2D eigenvalue weighted by atomic mass is 32.1. The zero-order valence-corrected chi connectivity index (χ0v) is 12.1. The lowest BCUT2D eigenvalue weighted by Crippen LogP contribution is -2.28. The minimum atomic E-state index is -0.210. The maximum absolute atomic E-state index is 6.22. The van der Waals surface area contributed by atoms with Crippen LogP contribution in [0, 0.1) is 0 Å². The maximum atomic E-state index is 6.22. The molecule has 0 N–H and O–H groups in total. The van der Waals surface area contributed by atoms with Gasteiger partial charge in [-0.15, -0.1) is 11.3 Å². The highest BCUT2D eigenvalue weighted by Gasteiger charge is 2.29. The van der Waals surface area contributed by atoms with Gasteiger partial charge in [0, 0.05) is 11.3 Å². The number of hydrogen-bond acceptors (Lipinski definition) is 2. The van der Waals surface area contributed by atoms with Gasteiger partial charge in [-0.1, -0.05) is 36.4 Å². The number of benzene rings is 1. The zero-order chi connectivity index (χ0) is 13.3. The number of thiophene rings is 1. The van der Waals surface area contributed by atoms with E-state index in [1.54, 1.807) is 11.3 Å². The van der Waals surface area contributed by atoms with Crippen LogP contribution < -0.4 is 0 Å². The van der Waals surface area contributed by atoms with Gasteiger partial charge in [0.2, 0.25) is 0 Å². The summed E-state index contributed by atoms with van der Waals surface area (Å²) in [5.74, 6) is 0. The van der Waals surface area contributed by atoms with Crippen LogP contribution in [0.1, 0.15) is 36.8 Å². The van der Waals surface area contributed by atoms with Crippen molar-refractivity contribution in [3.05, 3.63) is 64.4 Å². The van der Waals surface area contributed by atoms with Crippen LogP contribution in [-0.2, 0) is 4.74 Å². The molecule has 0 aliphatic carbocycles. The normalized spacial score (nSPS) is 22.0. The average molecular weight is 270 g/mol. The molecule has 0 amide bonds. The molecule has 0 bridgehead atoms. The van der Waals surface area contributed by atoms with E-state index < -0.39 is 0 Å². The number of rotatable bonds is 2. The molecule has 0 spiro atoms. The van der Waals surface area contributed by atoms with E-state index in [4.69, 9.17) is 4.74 Å². The topological polar surface area (TPSA) is 9.23 Å². The van der Waals surface area contributed by atoms with Crippen LogP contribution in [-0.4, -0.2) is 5.60 Å². The van der Waals surface area contributed by atoms with Gasteiger partial charge in [-0.05, 0) is 42.5 Å². The first-order valence-electron chi connectivity index (χ1n) is 6.62. The van der Waals surface area contributed by atoms with Crippen LogP contribution in [0.25, 0.3) is 5.57 Å². The standard InChI is InChI=1S/C17H18OS/c1-17(2)12-14(16-9-6-10-19-16)11-15(18-17)13-7-4-3-5-8-13/h3-10,12,15H,11H2,1-2H3. The third-order valence-corrected chi connectivity index (χ3v) is 4.33. The summed E-state index contributed by atoms with van der Waals surface area (Å²) in [6.45, 7) is 4.27. The second kappa shape index (κ2) is 4.95. The van der Waals surface area contributed by atoms with Crippen molar-refractivity contribution < 1.29 is 4.74 Å². The van der Waals surface area contributed by atoms with Gasteiger partial charge in [-0.3, -0.25) is 0 Å². The number of hydrogen-bond donors (Lipinski definition) is 0. The number of ether oxygens (including phenoxy) is 1. The molecular weight excluding hydrogens is 252 g/mol. The summed E-state index contributed by atoms with van der Waals surface area (Å²) in [6, 6.07) is 14.8. The molecule has 1 aliphatic heterocycles. The van der Waals surface area contributed by atoms with Crippen molar-refractivity contribution in [2.75, 3.05) is 0 Å². The van der Waals surface area contributed by atoms with Gasteiger partial charge < -0.3 is 4.74 Å². The molecule has 1 nitrogen and oxygen atoms in total. The summed E-state index contributed by atoms with van der Waals surface area (Å²) in [7, 11) is 0. The molecule has 98 valence electrons. The first-order chi connectivity index (χ1) is 9.14. The van der Waals surface area contributed by atoms with Gasteiger partial charge in [-0.2, -0.15) is 0 Å². The van der Waals surface area contributed by atoms with Crippen LogP contribution in [0.15, 0.2) is 53.9 Å². The van der Waals surface area contributed by atoms with E-state index in [0.29, 0.717) is 0 Å². The van der Waals surface area contributed by atoms with Crippen molar-refractivity contribution >= 4 is 16.9 Å². The lowest BCUT2D eigenvalue weighted by molar-refractivity contribution is -0.0475. The van der Waals surface area contributed by atoms with Crippen molar-refractivity contribution in [3.63, 3.8) is 0 Å². The van der Waals surface area contributed by atoms with E-state index in [1.807, 2.05) is 6.07 Å². The van der Waals surface area contributed by atoms with E-state index in [-0.39, 0.29) is 11.7 Å². The Hall–Kier alpha value is -1.38. The van der Waals surface area contributed by atoms with E-state index in [0.717, 1.165) is 6.42 Å². The summed E-state index contributed by atoms with van der Waals surface area (Å²) >= 11 is 1.80. The van der Waals surface area contributed by atoms with Gasteiger partial charge in [0.1, 0.15) is 0 Å². The first kappa shape index (κ1) is 12.6. The van der Waals surface area contributed by atoms with Gasteiger partial charge in [-0.25, -0.2) is 0 Å². The van der Waals surface area contributed by atoms with Crippen molar-refractivity contribution in [2.45, 2.75) is 32.0 Å². The third kappa shape index (κ3) is 2.80. The molecule has 3 rings (SSSR count). The molecule has 2 heterocycles. The first-order valence-corrected chi connectivity index (χ1v) is 7.50. The molecule has 1 aromatic carbocycles. The molecule has 19 heavy (non-hydrogen) atoms. The van der Waals surface area contributed by atoms with E-state index in [1.165, 1.54) is 16.0 Å². The minimum absolute atomic E-state index is 0.151. The van der Waals surface area contributed by atoms with Gasteiger partial charge >= 0.3 is 0 Å². The van der Waals surface area contributed by atoms with Crippen molar-refractivity contribution in [1.29, 1.82) is 0 Å². The monoisotopic (exact) mass is 270 g/mol. The fraction of sp³-hybridized carbons (Fsp3) is 0.294. The molecule has 0 saturated carbocycles. The summed E-state index contributed by atoms with van der Waals surface area (Å²) < 4.78 is 6.22. The van der Waals surface area contributed by atoms with Crippen molar-refractivity contribution in [2.24, 2.45) is 0 Å². The fourth-order valence-electron chi connectivity index (χ4n) is 2.61. The second-order valence-electron chi connectivity index (χ2n) is 5.47. The third-order valence-electron chi connectivity index (χ3n) is 3.38. The molecular formula is C17H18OS.